The molecule has 18 heavy (non-hydrogen) atoms. The van der Waals surface area contributed by atoms with Crippen LogP contribution in [0.5, 0.6) is 0 Å². The van der Waals surface area contributed by atoms with E-state index in [9.17, 15) is 8.78 Å². The summed E-state index contributed by atoms with van der Waals surface area (Å²) in [6, 6.07) is 3.87. The smallest absolute Gasteiger partial charge is 0.131 e. The summed E-state index contributed by atoms with van der Waals surface area (Å²) in [4.78, 5) is 0. The highest BCUT2D eigenvalue weighted by Gasteiger charge is 2.14. The first-order valence-electron chi connectivity index (χ1n) is 5.98. The molecule has 1 N–H and O–H groups in total. The quantitative estimate of drug-likeness (QED) is 0.914. The number of hydrogen-bond donors (Lipinski definition) is 1. The van der Waals surface area contributed by atoms with Crippen LogP contribution in [-0.2, 0) is 11.3 Å². The third kappa shape index (κ3) is 4.19. The zero-order valence-electron chi connectivity index (χ0n) is 10.1. The molecule has 0 spiro atoms. The molecule has 0 radical (unpaired) electrons. The lowest BCUT2D eigenvalue weighted by molar-refractivity contribution is 0.0747. The van der Waals surface area contributed by atoms with Crippen molar-refractivity contribution in [2.24, 2.45) is 5.92 Å². The summed E-state index contributed by atoms with van der Waals surface area (Å²) >= 11 is 0. The van der Waals surface area contributed by atoms with E-state index in [-0.39, 0.29) is 24.6 Å². The first-order chi connectivity index (χ1) is 8.27. The van der Waals surface area contributed by atoms with Crippen molar-refractivity contribution in [1.82, 2.24) is 5.32 Å². The number of piperidine rings is 1. The number of rotatable bonds is 4. The molecule has 1 heterocycles. The molecule has 1 aromatic carbocycles. The van der Waals surface area contributed by atoms with Gasteiger partial charge in [-0.2, -0.15) is 0 Å². The molecule has 1 aliphatic rings. The highest BCUT2D eigenvalue weighted by atomic mass is 35.5. The van der Waals surface area contributed by atoms with Gasteiger partial charge in [-0.25, -0.2) is 8.78 Å². The van der Waals surface area contributed by atoms with Crippen LogP contribution in [0.3, 0.4) is 0 Å². The fourth-order valence-corrected chi connectivity index (χ4v) is 2.06. The van der Waals surface area contributed by atoms with Gasteiger partial charge in [-0.05, 0) is 37.4 Å². The third-order valence-corrected chi connectivity index (χ3v) is 3.06. The Morgan fingerprint density at radius 1 is 1.28 bits per heavy atom. The minimum absolute atomic E-state index is 0. The van der Waals surface area contributed by atoms with Crippen LogP contribution in [0.1, 0.15) is 18.4 Å². The standard InChI is InChI=1S/C13H17F2NO.ClH/c14-12-4-1-5-13(15)11(12)9-17-8-10-3-2-6-16-7-10;/h1,4-5,10,16H,2-3,6-9H2;1H. The molecular weight excluding hydrogens is 260 g/mol. The van der Waals surface area contributed by atoms with Gasteiger partial charge in [0.25, 0.3) is 0 Å². The van der Waals surface area contributed by atoms with Crippen LogP contribution in [-0.4, -0.2) is 19.7 Å². The van der Waals surface area contributed by atoms with E-state index in [0.717, 1.165) is 25.9 Å². The highest BCUT2D eigenvalue weighted by molar-refractivity contribution is 5.85. The molecular formula is C13H18ClF2NO. The van der Waals surface area contributed by atoms with E-state index in [1.165, 1.54) is 18.2 Å². The van der Waals surface area contributed by atoms with Crippen molar-refractivity contribution in [3.63, 3.8) is 0 Å². The molecule has 0 amide bonds. The summed E-state index contributed by atoms with van der Waals surface area (Å²) in [6.07, 6.45) is 2.26. The van der Waals surface area contributed by atoms with Crippen LogP contribution in [0.4, 0.5) is 8.78 Å². The van der Waals surface area contributed by atoms with E-state index in [1.807, 2.05) is 0 Å². The molecule has 1 atom stereocenters. The Hall–Kier alpha value is -0.710. The summed E-state index contributed by atoms with van der Waals surface area (Å²) in [5.41, 5.74) is 0.0243. The first kappa shape index (κ1) is 15.3. The topological polar surface area (TPSA) is 21.3 Å². The minimum Gasteiger partial charge on any atom is -0.376 e. The average Bonchev–Trinajstić information content (AvgIpc) is 2.34. The summed E-state index contributed by atoms with van der Waals surface area (Å²) in [5.74, 6) is -0.614. The molecule has 102 valence electrons. The molecule has 0 bridgehead atoms. The molecule has 0 aromatic heterocycles. The van der Waals surface area contributed by atoms with Crippen LogP contribution in [0.25, 0.3) is 0 Å². The second-order valence-electron chi connectivity index (χ2n) is 4.43. The predicted molar refractivity (Wildman–Crippen MR) is 68.9 cm³/mol. The van der Waals surface area contributed by atoms with E-state index < -0.39 is 11.6 Å². The predicted octanol–water partition coefficient (Wildman–Crippen LogP) is 2.90. The Labute approximate surface area is 112 Å². The largest absolute Gasteiger partial charge is 0.376 e. The maximum atomic E-state index is 13.3. The van der Waals surface area contributed by atoms with Gasteiger partial charge in [-0.3, -0.25) is 0 Å². The summed E-state index contributed by atoms with van der Waals surface area (Å²) < 4.78 is 32.0. The second-order valence-corrected chi connectivity index (χ2v) is 4.43. The van der Waals surface area contributed by atoms with Crippen molar-refractivity contribution in [3.8, 4) is 0 Å². The van der Waals surface area contributed by atoms with Gasteiger partial charge in [-0.15, -0.1) is 12.4 Å². The van der Waals surface area contributed by atoms with Gasteiger partial charge in [0, 0.05) is 12.1 Å². The lowest BCUT2D eigenvalue weighted by atomic mass is 10.0. The van der Waals surface area contributed by atoms with Crippen LogP contribution in [0.15, 0.2) is 18.2 Å². The second kappa shape index (κ2) is 7.67. The van der Waals surface area contributed by atoms with E-state index in [4.69, 9.17) is 4.74 Å². The van der Waals surface area contributed by atoms with Gasteiger partial charge in [-0.1, -0.05) is 6.07 Å². The zero-order valence-corrected chi connectivity index (χ0v) is 10.9. The SMILES string of the molecule is Cl.Fc1cccc(F)c1COCC1CCCNC1. The summed E-state index contributed by atoms with van der Waals surface area (Å²) in [5, 5.41) is 3.28. The lowest BCUT2D eigenvalue weighted by Crippen LogP contribution is -2.32. The Balaban J connectivity index is 0.00000162. The molecule has 1 aliphatic heterocycles. The minimum atomic E-state index is -0.535. The fraction of sp³-hybridized carbons (Fsp3) is 0.538. The van der Waals surface area contributed by atoms with E-state index in [2.05, 4.69) is 5.32 Å². The van der Waals surface area contributed by atoms with Crippen molar-refractivity contribution in [3.05, 3.63) is 35.4 Å². The van der Waals surface area contributed by atoms with Crippen molar-refractivity contribution in [2.75, 3.05) is 19.7 Å². The zero-order chi connectivity index (χ0) is 12.1. The highest BCUT2D eigenvalue weighted by Crippen LogP contribution is 2.15. The number of hydrogen-bond acceptors (Lipinski definition) is 2. The Morgan fingerprint density at radius 3 is 2.61 bits per heavy atom. The average molecular weight is 278 g/mol. The molecule has 1 saturated heterocycles. The van der Waals surface area contributed by atoms with E-state index in [1.54, 1.807) is 0 Å². The van der Waals surface area contributed by atoms with Crippen LogP contribution < -0.4 is 5.32 Å². The van der Waals surface area contributed by atoms with Gasteiger partial charge >= 0.3 is 0 Å². The first-order valence-corrected chi connectivity index (χ1v) is 5.98. The number of ether oxygens (including phenoxy) is 1. The maximum absolute atomic E-state index is 13.3. The molecule has 0 aliphatic carbocycles. The van der Waals surface area contributed by atoms with E-state index >= 15 is 0 Å². The fourth-order valence-electron chi connectivity index (χ4n) is 2.06. The van der Waals surface area contributed by atoms with Crippen LogP contribution in [0.2, 0.25) is 0 Å². The van der Waals surface area contributed by atoms with Gasteiger partial charge in [0.15, 0.2) is 0 Å². The molecule has 1 aromatic rings. The Kier molecular flexibility index (Phi) is 6.54. The van der Waals surface area contributed by atoms with E-state index in [0.29, 0.717) is 12.5 Å². The number of nitrogens with one attached hydrogen (secondary N) is 1. The molecule has 5 heteroatoms. The van der Waals surface area contributed by atoms with Crippen molar-refractivity contribution >= 4 is 12.4 Å². The Bertz CT molecular complexity index is 350. The summed E-state index contributed by atoms with van der Waals surface area (Å²) in [6.45, 7) is 2.55. The van der Waals surface area contributed by atoms with Crippen molar-refractivity contribution in [2.45, 2.75) is 19.4 Å². The molecule has 2 nitrogen and oxygen atoms in total. The molecule has 0 saturated carbocycles. The molecule has 1 fully saturated rings. The molecule has 1 unspecified atom stereocenters. The number of benzene rings is 1. The molecule has 2 rings (SSSR count). The van der Waals surface area contributed by atoms with Crippen LogP contribution in [0, 0.1) is 17.6 Å². The Morgan fingerprint density at radius 2 is 2.00 bits per heavy atom. The maximum Gasteiger partial charge on any atom is 0.131 e. The van der Waals surface area contributed by atoms with Gasteiger partial charge in [0.2, 0.25) is 0 Å². The van der Waals surface area contributed by atoms with Gasteiger partial charge in [0.1, 0.15) is 11.6 Å². The summed E-state index contributed by atoms with van der Waals surface area (Å²) in [7, 11) is 0. The van der Waals surface area contributed by atoms with Crippen molar-refractivity contribution < 1.29 is 13.5 Å². The normalized spacial score (nSPS) is 19.3. The van der Waals surface area contributed by atoms with Gasteiger partial charge < -0.3 is 10.1 Å². The van der Waals surface area contributed by atoms with Crippen LogP contribution >= 0.6 is 12.4 Å². The lowest BCUT2D eigenvalue weighted by Gasteiger charge is -2.22. The monoisotopic (exact) mass is 277 g/mol. The van der Waals surface area contributed by atoms with Crippen molar-refractivity contribution in [1.29, 1.82) is 0 Å². The van der Waals surface area contributed by atoms with Gasteiger partial charge in [0.05, 0.1) is 13.2 Å². The third-order valence-electron chi connectivity index (χ3n) is 3.06. The number of halogens is 3.